The van der Waals surface area contributed by atoms with Gasteiger partial charge >= 0.3 is 0 Å². The van der Waals surface area contributed by atoms with Gasteiger partial charge in [-0.3, -0.25) is 0 Å². The molecule has 2 aromatic rings. The highest BCUT2D eigenvalue weighted by atomic mass is 16.3. The predicted molar refractivity (Wildman–Crippen MR) is 96.8 cm³/mol. The first-order valence-electron chi connectivity index (χ1n) is 8.61. The van der Waals surface area contributed by atoms with Gasteiger partial charge in [-0.1, -0.05) is 11.6 Å². The fraction of sp³-hybridized carbons (Fsp3) is 0.421. The van der Waals surface area contributed by atoms with Crippen LogP contribution in [0.15, 0.2) is 18.2 Å². The van der Waals surface area contributed by atoms with Crippen molar-refractivity contribution < 1.29 is 5.11 Å². The van der Waals surface area contributed by atoms with Gasteiger partial charge in [-0.05, 0) is 57.2 Å². The Morgan fingerprint density at radius 3 is 2.60 bits per heavy atom. The van der Waals surface area contributed by atoms with Crippen LogP contribution in [-0.2, 0) is 0 Å². The number of nitrogen functional groups attached to an aromatic ring is 1. The zero-order valence-corrected chi connectivity index (χ0v) is 14.4. The number of nitriles is 1. The molecule has 5 N–H and O–H groups in total. The SMILES string of the molecule is Cc1ccc(O)c(-c2nc(N)c(C#N)c(C3CCC(CN)CC3)n2)c1. The molecule has 1 aromatic carbocycles. The number of nitrogens with zero attached hydrogens (tertiary/aromatic N) is 3. The number of hydrogen-bond acceptors (Lipinski definition) is 6. The van der Waals surface area contributed by atoms with Crippen molar-refractivity contribution in [2.24, 2.45) is 11.7 Å². The molecule has 130 valence electrons. The van der Waals surface area contributed by atoms with Gasteiger partial charge in [-0.25, -0.2) is 9.97 Å². The molecule has 0 unspecified atom stereocenters. The third kappa shape index (κ3) is 3.42. The summed E-state index contributed by atoms with van der Waals surface area (Å²) in [6, 6.07) is 7.42. The van der Waals surface area contributed by atoms with Gasteiger partial charge in [0.05, 0.1) is 11.3 Å². The lowest BCUT2D eigenvalue weighted by Crippen LogP contribution is -2.22. The van der Waals surface area contributed by atoms with Gasteiger partial charge in [-0.2, -0.15) is 5.26 Å². The summed E-state index contributed by atoms with van der Waals surface area (Å²) in [6.07, 6.45) is 3.93. The van der Waals surface area contributed by atoms with Crippen molar-refractivity contribution in [3.63, 3.8) is 0 Å². The second-order valence-corrected chi connectivity index (χ2v) is 6.78. The maximum absolute atomic E-state index is 10.2. The molecule has 0 bridgehead atoms. The first-order chi connectivity index (χ1) is 12.0. The molecule has 1 fully saturated rings. The average molecular weight is 337 g/mol. The zero-order valence-electron chi connectivity index (χ0n) is 14.4. The molecule has 3 rings (SSSR count). The minimum absolute atomic E-state index is 0.104. The van der Waals surface area contributed by atoms with Crippen molar-refractivity contribution in [3.05, 3.63) is 35.0 Å². The molecule has 1 saturated carbocycles. The van der Waals surface area contributed by atoms with Gasteiger partial charge in [0.25, 0.3) is 0 Å². The lowest BCUT2D eigenvalue weighted by molar-refractivity contribution is 0.329. The summed E-state index contributed by atoms with van der Waals surface area (Å²) in [7, 11) is 0. The summed E-state index contributed by atoms with van der Waals surface area (Å²) in [5.74, 6) is 1.36. The quantitative estimate of drug-likeness (QED) is 0.791. The first kappa shape index (κ1) is 17.2. The second-order valence-electron chi connectivity index (χ2n) is 6.78. The Morgan fingerprint density at radius 2 is 1.96 bits per heavy atom. The largest absolute Gasteiger partial charge is 0.507 e. The van der Waals surface area contributed by atoms with Crippen LogP contribution in [0.4, 0.5) is 5.82 Å². The Morgan fingerprint density at radius 1 is 1.24 bits per heavy atom. The number of aromatic nitrogens is 2. The maximum atomic E-state index is 10.2. The molecular formula is C19H23N5O. The van der Waals surface area contributed by atoms with Crippen LogP contribution in [0.25, 0.3) is 11.4 Å². The summed E-state index contributed by atoms with van der Waals surface area (Å²) >= 11 is 0. The molecule has 6 nitrogen and oxygen atoms in total. The van der Waals surface area contributed by atoms with E-state index < -0.39 is 0 Å². The summed E-state index contributed by atoms with van der Waals surface area (Å²) in [6.45, 7) is 2.64. The van der Waals surface area contributed by atoms with Crippen molar-refractivity contribution in [1.29, 1.82) is 5.26 Å². The van der Waals surface area contributed by atoms with Crippen LogP contribution in [0.1, 0.15) is 48.4 Å². The van der Waals surface area contributed by atoms with Gasteiger partial charge in [0.2, 0.25) is 0 Å². The molecule has 1 heterocycles. The number of benzene rings is 1. The van der Waals surface area contributed by atoms with E-state index in [1.54, 1.807) is 6.07 Å². The highest BCUT2D eigenvalue weighted by molar-refractivity contribution is 5.67. The minimum atomic E-state index is 0.104. The molecule has 0 atom stereocenters. The molecule has 25 heavy (non-hydrogen) atoms. The van der Waals surface area contributed by atoms with Gasteiger partial charge in [0, 0.05) is 5.92 Å². The Balaban J connectivity index is 2.05. The number of aryl methyl sites for hydroxylation is 1. The van der Waals surface area contributed by atoms with E-state index in [0.717, 1.165) is 31.2 Å². The Labute approximate surface area is 147 Å². The van der Waals surface area contributed by atoms with Crippen molar-refractivity contribution in [2.45, 2.75) is 38.5 Å². The van der Waals surface area contributed by atoms with Gasteiger partial charge in [-0.15, -0.1) is 0 Å². The van der Waals surface area contributed by atoms with E-state index in [4.69, 9.17) is 11.5 Å². The summed E-state index contributed by atoms with van der Waals surface area (Å²) in [5, 5.41) is 19.7. The normalized spacial score (nSPS) is 20.2. The van der Waals surface area contributed by atoms with Crippen LogP contribution < -0.4 is 11.5 Å². The fourth-order valence-electron chi connectivity index (χ4n) is 3.53. The maximum Gasteiger partial charge on any atom is 0.165 e. The molecule has 1 aromatic heterocycles. The summed E-state index contributed by atoms with van der Waals surface area (Å²) in [5.41, 5.74) is 14.4. The molecule has 0 saturated heterocycles. The molecular weight excluding hydrogens is 314 g/mol. The summed E-state index contributed by atoms with van der Waals surface area (Å²) < 4.78 is 0. The van der Waals surface area contributed by atoms with Gasteiger partial charge in [0.15, 0.2) is 5.82 Å². The van der Waals surface area contributed by atoms with Gasteiger partial charge < -0.3 is 16.6 Å². The second kappa shape index (κ2) is 7.08. The highest BCUT2D eigenvalue weighted by Gasteiger charge is 2.27. The van der Waals surface area contributed by atoms with E-state index in [1.165, 1.54) is 0 Å². The Kier molecular flexibility index (Phi) is 4.86. The predicted octanol–water partition coefficient (Wildman–Crippen LogP) is 2.84. The average Bonchev–Trinajstić information content (AvgIpc) is 2.63. The molecule has 6 heteroatoms. The van der Waals surface area contributed by atoms with Crippen molar-refractivity contribution in [1.82, 2.24) is 9.97 Å². The van der Waals surface area contributed by atoms with Crippen molar-refractivity contribution >= 4 is 5.82 Å². The molecule has 1 aliphatic rings. The van der Waals surface area contributed by atoms with Crippen molar-refractivity contribution in [3.8, 4) is 23.2 Å². The number of aromatic hydroxyl groups is 1. The third-order valence-corrected chi connectivity index (χ3v) is 5.04. The molecule has 0 spiro atoms. The standard InChI is InChI=1S/C19H23N5O/c1-11-2-7-16(25)14(8-11)19-23-17(15(10-21)18(22)24-19)13-5-3-12(9-20)4-6-13/h2,7-8,12-13,25H,3-6,9,20H2,1H3,(H2,22,23,24). The zero-order chi connectivity index (χ0) is 18.0. The number of anilines is 1. The number of rotatable bonds is 3. The number of hydrogen-bond donors (Lipinski definition) is 3. The first-order valence-corrected chi connectivity index (χ1v) is 8.61. The fourth-order valence-corrected chi connectivity index (χ4v) is 3.53. The lowest BCUT2D eigenvalue weighted by Gasteiger charge is -2.28. The van der Waals surface area contributed by atoms with Crippen LogP contribution in [0.2, 0.25) is 0 Å². The van der Waals surface area contributed by atoms with Crippen LogP contribution in [0, 0.1) is 24.2 Å². The molecule has 0 radical (unpaired) electrons. The Bertz CT molecular complexity index is 819. The number of phenols is 1. The number of nitrogens with two attached hydrogens (primary N) is 2. The van der Waals surface area contributed by atoms with Crippen molar-refractivity contribution in [2.75, 3.05) is 12.3 Å². The Hall–Kier alpha value is -2.65. The van der Waals surface area contributed by atoms with Crippen LogP contribution in [-0.4, -0.2) is 21.6 Å². The molecule has 0 aliphatic heterocycles. The topological polar surface area (TPSA) is 122 Å². The van der Waals surface area contributed by atoms with E-state index in [-0.39, 0.29) is 17.5 Å². The van der Waals surface area contributed by atoms with Gasteiger partial charge in [0.1, 0.15) is 23.2 Å². The molecule has 0 amide bonds. The van der Waals surface area contributed by atoms with E-state index in [2.05, 4.69) is 16.0 Å². The van der Waals surface area contributed by atoms with Crippen LogP contribution >= 0.6 is 0 Å². The van der Waals surface area contributed by atoms with Crippen LogP contribution in [0.3, 0.4) is 0 Å². The monoisotopic (exact) mass is 337 g/mol. The van der Waals surface area contributed by atoms with Crippen LogP contribution in [0.5, 0.6) is 5.75 Å². The van der Waals surface area contributed by atoms with E-state index >= 15 is 0 Å². The smallest absolute Gasteiger partial charge is 0.165 e. The molecule has 1 aliphatic carbocycles. The number of phenolic OH excluding ortho intramolecular Hbond substituents is 1. The van der Waals surface area contributed by atoms with E-state index in [1.807, 2.05) is 19.1 Å². The van der Waals surface area contributed by atoms with E-state index in [0.29, 0.717) is 35.1 Å². The van der Waals surface area contributed by atoms with E-state index in [9.17, 15) is 10.4 Å². The lowest BCUT2D eigenvalue weighted by atomic mass is 9.79. The minimum Gasteiger partial charge on any atom is -0.507 e. The third-order valence-electron chi connectivity index (χ3n) is 5.04. The highest BCUT2D eigenvalue weighted by Crippen LogP contribution is 2.38. The summed E-state index contributed by atoms with van der Waals surface area (Å²) in [4.78, 5) is 8.91.